The molecule has 2 aromatic rings. The van der Waals surface area contributed by atoms with Gasteiger partial charge in [0.1, 0.15) is 11.4 Å². The van der Waals surface area contributed by atoms with Gasteiger partial charge in [0.2, 0.25) is 0 Å². The second-order valence-corrected chi connectivity index (χ2v) is 8.29. The van der Waals surface area contributed by atoms with Gasteiger partial charge in [0.05, 0.1) is 6.10 Å². The highest BCUT2D eigenvalue weighted by atomic mass is 79.9. The van der Waals surface area contributed by atoms with Gasteiger partial charge in [0, 0.05) is 37.2 Å². The standard InChI is InChI=1S/C23H30BrN3O2/c1-4-26(15-19-9-7-18(14-24)8-10-19)20-11-13-27(16-20)22-21(6-5-12-25-22)23(28)29-17(2)3/h5-10,12,17,20H,4,11,13-16H2,1-3H3/t20-/m1/s1. The number of hydrogen-bond donors (Lipinski definition) is 0. The monoisotopic (exact) mass is 459 g/mol. The number of nitrogens with zero attached hydrogens (tertiary/aromatic N) is 3. The highest BCUT2D eigenvalue weighted by molar-refractivity contribution is 9.08. The third kappa shape index (κ3) is 5.58. The lowest BCUT2D eigenvalue weighted by atomic mass is 10.1. The summed E-state index contributed by atoms with van der Waals surface area (Å²) in [6.45, 7) is 9.62. The summed E-state index contributed by atoms with van der Waals surface area (Å²) in [4.78, 5) is 21.7. The lowest BCUT2D eigenvalue weighted by Crippen LogP contribution is -2.37. The first kappa shape index (κ1) is 21.8. The van der Waals surface area contributed by atoms with Crippen molar-refractivity contribution in [3.05, 3.63) is 59.3 Å². The normalized spacial score (nSPS) is 16.6. The smallest absolute Gasteiger partial charge is 0.342 e. The van der Waals surface area contributed by atoms with Crippen LogP contribution in [0.2, 0.25) is 0 Å². The molecule has 0 spiro atoms. The first-order chi connectivity index (χ1) is 14.0. The number of benzene rings is 1. The number of carbonyl (C=O) groups excluding carboxylic acids is 1. The van der Waals surface area contributed by atoms with Gasteiger partial charge in [-0.25, -0.2) is 9.78 Å². The van der Waals surface area contributed by atoms with E-state index in [-0.39, 0.29) is 12.1 Å². The molecule has 1 aromatic carbocycles. The average Bonchev–Trinajstić information content (AvgIpc) is 3.22. The SMILES string of the molecule is CCN(Cc1ccc(CBr)cc1)[C@@H]1CCN(c2ncccc2C(=O)OC(C)C)C1. The Morgan fingerprint density at radius 1 is 1.28 bits per heavy atom. The minimum Gasteiger partial charge on any atom is -0.459 e. The molecule has 1 fully saturated rings. The van der Waals surface area contributed by atoms with E-state index in [0.29, 0.717) is 11.6 Å². The maximum absolute atomic E-state index is 12.5. The van der Waals surface area contributed by atoms with Crippen molar-refractivity contribution in [2.45, 2.75) is 51.2 Å². The van der Waals surface area contributed by atoms with Gasteiger partial charge in [-0.2, -0.15) is 0 Å². The second-order valence-electron chi connectivity index (χ2n) is 7.73. The summed E-state index contributed by atoms with van der Waals surface area (Å²) < 4.78 is 5.41. The maximum atomic E-state index is 12.5. The third-order valence-corrected chi connectivity index (χ3v) is 5.95. The fourth-order valence-electron chi connectivity index (χ4n) is 3.79. The van der Waals surface area contributed by atoms with Gasteiger partial charge in [-0.3, -0.25) is 4.90 Å². The molecule has 0 saturated carbocycles. The molecule has 0 aliphatic carbocycles. The molecule has 1 aromatic heterocycles. The Kier molecular flexibility index (Phi) is 7.67. The molecule has 2 heterocycles. The molecule has 1 aliphatic rings. The van der Waals surface area contributed by atoms with E-state index >= 15 is 0 Å². The average molecular weight is 460 g/mol. The van der Waals surface area contributed by atoms with Gasteiger partial charge in [-0.15, -0.1) is 0 Å². The Labute approximate surface area is 182 Å². The molecule has 0 bridgehead atoms. The number of pyridine rings is 1. The lowest BCUT2D eigenvalue weighted by molar-refractivity contribution is 0.0378. The predicted molar refractivity (Wildman–Crippen MR) is 121 cm³/mol. The van der Waals surface area contributed by atoms with Crippen molar-refractivity contribution in [3.63, 3.8) is 0 Å². The molecule has 5 nitrogen and oxygen atoms in total. The van der Waals surface area contributed by atoms with Crippen LogP contribution in [0.5, 0.6) is 0 Å². The molecule has 0 radical (unpaired) electrons. The molecule has 0 N–H and O–H groups in total. The van der Waals surface area contributed by atoms with E-state index in [0.717, 1.165) is 43.7 Å². The zero-order valence-corrected chi connectivity index (χ0v) is 19.1. The van der Waals surface area contributed by atoms with E-state index in [4.69, 9.17) is 4.74 Å². The molecular weight excluding hydrogens is 430 g/mol. The first-order valence-corrected chi connectivity index (χ1v) is 11.4. The summed E-state index contributed by atoms with van der Waals surface area (Å²) in [7, 11) is 0. The van der Waals surface area contributed by atoms with Gasteiger partial charge in [0.15, 0.2) is 0 Å². The van der Waals surface area contributed by atoms with E-state index < -0.39 is 0 Å². The predicted octanol–water partition coefficient (Wildman–Crippen LogP) is 4.64. The number of rotatable bonds is 8. The van der Waals surface area contributed by atoms with Crippen molar-refractivity contribution in [3.8, 4) is 0 Å². The van der Waals surface area contributed by atoms with Crippen molar-refractivity contribution in [2.75, 3.05) is 24.5 Å². The highest BCUT2D eigenvalue weighted by Crippen LogP contribution is 2.26. The molecule has 156 valence electrons. The minimum atomic E-state index is -0.300. The Morgan fingerprint density at radius 2 is 2.00 bits per heavy atom. The number of likely N-dealkylation sites (N-methyl/N-ethyl adjacent to an activating group) is 1. The molecule has 3 rings (SSSR count). The molecule has 29 heavy (non-hydrogen) atoms. The summed E-state index contributed by atoms with van der Waals surface area (Å²) in [5, 5.41) is 0.883. The molecular formula is C23H30BrN3O2. The summed E-state index contributed by atoms with van der Waals surface area (Å²) in [5.41, 5.74) is 3.17. The molecule has 0 unspecified atom stereocenters. The van der Waals surface area contributed by atoms with Crippen molar-refractivity contribution < 1.29 is 9.53 Å². The Morgan fingerprint density at radius 3 is 2.66 bits per heavy atom. The number of aromatic nitrogens is 1. The van der Waals surface area contributed by atoms with E-state index in [1.54, 1.807) is 12.3 Å². The van der Waals surface area contributed by atoms with Crippen LogP contribution in [0.25, 0.3) is 0 Å². The minimum absolute atomic E-state index is 0.145. The van der Waals surface area contributed by atoms with Gasteiger partial charge in [0.25, 0.3) is 0 Å². The number of alkyl halides is 1. The van der Waals surface area contributed by atoms with Crippen LogP contribution in [0, 0.1) is 0 Å². The zero-order chi connectivity index (χ0) is 20.8. The van der Waals surface area contributed by atoms with Crippen molar-refractivity contribution >= 4 is 27.7 Å². The van der Waals surface area contributed by atoms with Crippen LogP contribution in [0.3, 0.4) is 0 Å². The fourth-order valence-corrected chi connectivity index (χ4v) is 4.16. The zero-order valence-electron chi connectivity index (χ0n) is 17.5. The summed E-state index contributed by atoms with van der Waals surface area (Å²) in [6.07, 6.45) is 2.66. The Bertz CT molecular complexity index is 810. The van der Waals surface area contributed by atoms with Gasteiger partial charge >= 0.3 is 5.97 Å². The van der Waals surface area contributed by atoms with Crippen LogP contribution in [0.1, 0.15) is 48.7 Å². The van der Waals surface area contributed by atoms with Crippen LogP contribution in [-0.4, -0.2) is 47.6 Å². The number of ether oxygens (including phenoxy) is 1. The van der Waals surface area contributed by atoms with Crippen LogP contribution in [-0.2, 0) is 16.6 Å². The van der Waals surface area contributed by atoms with Crippen molar-refractivity contribution in [2.24, 2.45) is 0 Å². The number of halogens is 1. The summed E-state index contributed by atoms with van der Waals surface area (Å²) >= 11 is 3.50. The molecule has 1 atom stereocenters. The van der Waals surface area contributed by atoms with Crippen LogP contribution in [0.15, 0.2) is 42.6 Å². The van der Waals surface area contributed by atoms with Gasteiger partial charge < -0.3 is 9.64 Å². The van der Waals surface area contributed by atoms with Crippen LogP contribution >= 0.6 is 15.9 Å². The second kappa shape index (κ2) is 10.2. The Hall–Kier alpha value is -1.92. The largest absolute Gasteiger partial charge is 0.459 e. The number of hydrogen-bond acceptors (Lipinski definition) is 5. The molecule has 1 aliphatic heterocycles. The quantitative estimate of drug-likeness (QED) is 0.424. The summed E-state index contributed by atoms with van der Waals surface area (Å²) in [6, 6.07) is 12.8. The van der Waals surface area contributed by atoms with E-state index in [1.807, 2.05) is 19.9 Å². The van der Waals surface area contributed by atoms with E-state index in [2.05, 4.69) is 61.9 Å². The number of anilines is 1. The van der Waals surface area contributed by atoms with E-state index in [9.17, 15) is 4.79 Å². The molecule has 6 heteroatoms. The fraction of sp³-hybridized carbons (Fsp3) is 0.478. The molecule has 1 saturated heterocycles. The first-order valence-electron chi connectivity index (χ1n) is 10.3. The van der Waals surface area contributed by atoms with Crippen molar-refractivity contribution in [1.82, 2.24) is 9.88 Å². The number of carbonyl (C=O) groups is 1. The molecule has 0 amide bonds. The third-order valence-electron chi connectivity index (χ3n) is 5.30. The van der Waals surface area contributed by atoms with Gasteiger partial charge in [-0.05, 0) is 50.1 Å². The van der Waals surface area contributed by atoms with Crippen LogP contribution in [0.4, 0.5) is 5.82 Å². The number of esters is 1. The van der Waals surface area contributed by atoms with Crippen LogP contribution < -0.4 is 4.90 Å². The van der Waals surface area contributed by atoms with Gasteiger partial charge in [-0.1, -0.05) is 47.1 Å². The maximum Gasteiger partial charge on any atom is 0.342 e. The summed E-state index contributed by atoms with van der Waals surface area (Å²) in [5.74, 6) is 0.434. The topological polar surface area (TPSA) is 45.7 Å². The Balaban J connectivity index is 1.69. The van der Waals surface area contributed by atoms with E-state index in [1.165, 1.54) is 11.1 Å². The lowest BCUT2D eigenvalue weighted by Gasteiger charge is -2.28. The highest BCUT2D eigenvalue weighted by Gasteiger charge is 2.30. The van der Waals surface area contributed by atoms with Crippen molar-refractivity contribution in [1.29, 1.82) is 0 Å².